The van der Waals surface area contributed by atoms with Gasteiger partial charge in [-0.2, -0.15) is 0 Å². The minimum atomic E-state index is -0.0227. The molecule has 0 fully saturated rings. The second kappa shape index (κ2) is 10.8. The highest BCUT2D eigenvalue weighted by Crippen LogP contribution is 2.50. The van der Waals surface area contributed by atoms with E-state index in [0.717, 1.165) is 21.9 Å². The molecule has 10 aromatic rings. The predicted octanol–water partition coefficient (Wildman–Crippen LogP) is 14.4. The molecular formula is C51H34O. The third kappa shape index (κ3) is 4.17. The highest BCUT2D eigenvalue weighted by molar-refractivity contribution is 6.22. The summed E-state index contributed by atoms with van der Waals surface area (Å²) in [6.45, 7) is 4.70. The van der Waals surface area contributed by atoms with Crippen molar-refractivity contribution in [1.29, 1.82) is 0 Å². The SMILES string of the molecule is CC1(C)c2ccccc2-c2ccc(-c3ccc(-c4c5ccccc5c(-c5ccc6oc7cc8ccccc8cc7c6c5)c5ccccc45)cc3)cc21. The normalized spacial score (nSPS) is 13.3. The van der Waals surface area contributed by atoms with Crippen LogP contribution in [0.25, 0.3) is 98.8 Å². The number of rotatable bonds is 3. The number of benzene rings is 9. The van der Waals surface area contributed by atoms with Crippen molar-refractivity contribution in [2.75, 3.05) is 0 Å². The first-order valence-electron chi connectivity index (χ1n) is 18.2. The van der Waals surface area contributed by atoms with E-state index in [2.05, 4.69) is 184 Å². The van der Waals surface area contributed by atoms with Crippen molar-refractivity contribution in [1.82, 2.24) is 0 Å². The van der Waals surface area contributed by atoms with E-state index in [4.69, 9.17) is 4.42 Å². The fourth-order valence-electron chi connectivity index (χ4n) is 9.08. The van der Waals surface area contributed by atoms with Gasteiger partial charge in [0.15, 0.2) is 0 Å². The minimum absolute atomic E-state index is 0.0227. The third-order valence-electron chi connectivity index (χ3n) is 11.6. The molecule has 11 rings (SSSR count). The summed E-state index contributed by atoms with van der Waals surface area (Å²) < 4.78 is 6.39. The number of hydrogen-bond acceptors (Lipinski definition) is 1. The highest BCUT2D eigenvalue weighted by Gasteiger charge is 2.35. The van der Waals surface area contributed by atoms with E-state index < -0.39 is 0 Å². The van der Waals surface area contributed by atoms with Crippen LogP contribution in [0.15, 0.2) is 174 Å². The Morgan fingerprint density at radius 3 is 1.58 bits per heavy atom. The molecule has 9 aromatic carbocycles. The smallest absolute Gasteiger partial charge is 0.136 e. The summed E-state index contributed by atoms with van der Waals surface area (Å²) in [5.41, 5.74) is 14.8. The van der Waals surface area contributed by atoms with Gasteiger partial charge in [0.2, 0.25) is 0 Å². The van der Waals surface area contributed by atoms with Gasteiger partial charge in [0.05, 0.1) is 0 Å². The summed E-state index contributed by atoms with van der Waals surface area (Å²) in [5, 5.41) is 9.71. The van der Waals surface area contributed by atoms with E-state index >= 15 is 0 Å². The molecule has 52 heavy (non-hydrogen) atoms. The lowest BCUT2D eigenvalue weighted by molar-refractivity contribution is 0.660. The zero-order chi connectivity index (χ0) is 34.6. The molecule has 0 amide bonds. The van der Waals surface area contributed by atoms with Crippen LogP contribution >= 0.6 is 0 Å². The molecule has 1 aliphatic rings. The number of fused-ring (bicyclic) bond motifs is 9. The molecule has 0 spiro atoms. The van der Waals surface area contributed by atoms with Gasteiger partial charge in [-0.1, -0.05) is 153 Å². The second-order valence-electron chi connectivity index (χ2n) is 14.9. The lowest BCUT2D eigenvalue weighted by atomic mass is 9.81. The second-order valence-corrected chi connectivity index (χ2v) is 14.9. The molecule has 0 radical (unpaired) electrons. The van der Waals surface area contributed by atoms with Crippen LogP contribution in [0.3, 0.4) is 0 Å². The van der Waals surface area contributed by atoms with E-state index in [9.17, 15) is 0 Å². The van der Waals surface area contributed by atoms with E-state index in [0.29, 0.717) is 0 Å². The van der Waals surface area contributed by atoms with E-state index in [-0.39, 0.29) is 5.41 Å². The van der Waals surface area contributed by atoms with Crippen molar-refractivity contribution in [2.24, 2.45) is 0 Å². The molecule has 0 aliphatic heterocycles. The van der Waals surface area contributed by atoms with Gasteiger partial charge in [-0.15, -0.1) is 0 Å². The Kier molecular flexibility index (Phi) is 6.08. The largest absolute Gasteiger partial charge is 0.456 e. The van der Waals surface area contributed by atoms with Crippen molar-refractivity contribution in [3.05, 3.63) is 181 Å². The van der Waals surface area contributed by atoms with Gasteiger partial charge in [-0.3, -0.25) is 0 Å². The van der Waals surface area contributed by atoms with Crippen LogP contribution in [0.4, 0.5) is 0 Å². The average Bonchev–Trinajstić information content (AvgIpc) is 3.66. The van der Waals surface area contributed by atoms with Gasteiger partial charge in [-0.25, -0.2) is 0 Å². The summed E-state index contributed by atoms with van der Waals surface area (Å²) in [4.78, 5) is 0. The first-order valence-corrected chi connectivity index (χ1v) is 18.2. The Bertz CT molecular complexity index is 3030. The lowest BCUT2D eigenvalue weighted by Crippen LogP contribution is -2.14. The van der Waals surface area contributed by atoms with Gasteiger partial charge in [-0.05, 0) is 118 Å². The standard InChI is InChI=1S/C51H34O/c1-51(2)45-18-10-9-13-37(45)38-25-23-35(29-46(38)51)31-19-21-32(22-20-31)49-39-14-5-7-16-41(39)50(42-17-8-6-15-40(42)49)36-24-26-47-43(28-36)44-27-33-11-3-4-12-34(33)30-48(44)52-47/h3-30H,1-2H3. The lowest BCUT2D eigenvalue weighted by Gasteiger charge is -2.22. The quantitative estimate of drug-likeness (QED) is 0.172. The predicted molar refractivity (Wildman–Crippen MR) is 220 cm³/mol. The van der Waals surface area contributed by atoms with Gasteiger partial charge in [0.1, 0.15) is 11.2 Å². The first-order chi connectivity index (χ1) is 25.5. The molecule has 1 heteroatoms. The molecule has 0 bridgehead atoms. The Morgan fingerprint density at radius 1 is 0.346 bits per heavy atom. The summed E-state index contributed by atoms with van der Waals surface area (Å²) in [5.74, 6) is 0. The van der Waals surface area contributed by atoms with Gasteiger partial charge in [0.25, 0.3) is 0 Å². The maximum Gasteiger partial charge on any atom is 0.136 e. The van der Waals surface area contributed by atoms with Crippen LogP contribution in [0.5, 0.6) is 0 Å². The summed E-state index contributed by atoms with van der Waals surface area (Å²) in [6.07, 6.45) is 0. The van der Waals surface area contributed by atoms with Crippen LogP contribution in [0, 0.1) is 0 Å². The van der Waals surface area contributed by atoms with Crippen molar-refractivity contribution in [2.45, 2.75) is 19.3 Å². The molecule has 1 heterocycles. The monoisotopic (exact) mass is 662 g/mol. The summed E-state index contributed by atoms with van der Waals surface area (Å²) in [6, 6.07) is 62.5. The minimum Gasteiger partial charge on any atom is -0.456 e. The zero-order valence-electron chi connectivity index (χ0n) is 29.1. The van der Waals surface area contributed by atoms with Crippen LogP contribution in [-0.2, 0) is 5.41 Å². The molecule has 0 saturated carbocycles. The van der Waals surface area contributed by atoms with E-state index in [1.54, 1.807) is 0 Å². The van der Waals surface area contributed by atoms with Crippen LogP contribution in [0.2, 0.25) is 0 Å². The Labute approximate surface area is 302 Å². The molecule has 1 aliphatic carbocycles. The molecule has 0 atom stereocenters. The fraction of sp³-hybridized carbons (Fsp3) is 0.0588. The van der Waals surface area contributed by atoms with Crippen molar-refractivity contribution < 1.29 is 4.42 Å². The van der Waals surface area contributed by atoms with Crippen LogP contribution in [0.1, 0.15) is 25.0 Å². The topological polar surface area (TPSA) is 13.1 Å². The van der Waals surface area contributed by atoms with Crippen LogP contribution < -0.4 is 0 Å². The van der Waals surface area contributed by atoms with Crippen LogP contribution in [-0.4, -0.2) is 0 Å². The highest BCUT2D eigenvalue weighted by atomic mass is 16.3. The summed E-state index contributed by atoms with van der Waals surface area (Å²) in [7, 11) is 0. The summed E-state index contributed by atoms with van der Waals surface area (Å²) >= 11 is 0. The van der Waals surface area contributed by atoms with E-state index in [1.807, 2.05) is 0 Å². The van der Waals surface area contributed by atoms with Crippen molar-refractivity contribution >= 4 is 54.3 Å². The molecule has 1 nitrogen and oxygen atoms in total. The number of furan rings is 1. The van der Waals surface area contributed by atoms with Gasteiger partial charge in [0, 0.05) is 16.2 Å². The molecular weight excluding hydrogens is 629 g/mol. The average molecular weight is 663 g/mol. The molecule has 0 saturated heterocycles. The van der Waals surface area contributed by atoms with Gasteiger partial charge < -0.3 is 4.42 Å². The van der Waals surface area contributed by atoms with Gasteiger partial charge >= 0.3 is 0 Å². The zero-order valence-corrected chi connectivity index (χ0v) is 29.1. The third-order valence-corrected chi connectivity index (χ3v) is 11.6. The molecule has 244 valence electrons. The fourth-order valence-corrected chi connectivity index (χ4v) is 9.08. The molecule has 0 unspecified atom stereocenters. The maximum absolute atomic E-state index is 6.39. The molecule has 0 N–H and O–H groups in total. The molecule has 1 aromatic heterocycles. The maximum atomic E-state index is 6.39. The van der Waals surface area contributed by atoms with E-state index in [1.165, 1.54) is 88.0 Å². The first kappa shape index (κ1) is 29.3. The number of hydrogen-bond donors (Lipinski definition) is 0. The van der Waals surface area contributed by atoms with Crippen molar-refractivity contribution in [3.8, 4) is 44.5 Å². The Morgan fingerprint density at radius 2 is 0.865 bits per heavy atom. The van der Waals surface area contributed by atoms with Crippen molar-refractivity contribution in [3.63, 3.8) is 0 Å². The Hall–Kier alpha value is -6.44. The Balaban J connectivity index is 1.06.